The molecule has 0 aromatic heterocycles. The van der Waals surface area contributed by atoms with E-state index in [9.17, 15) is 4.79 Å². The van der Waals surface area contributed by atoms with Crippen molar-refractivity contribution in [3.63, 3.8) is 0 Å². The first-order valence-electron chi connectivity index (χ1n) is 6.66. The van der Waals surface area contributed by atoms with E-state index < -0.39 is 0 Å². The molecule has 110 valence electrons. The molecule has 0 radical (unpaired) electrons. The number of thioether (sulfide) groups is 1. The average molecular weight is 301 g/mol. The second kappa shape index (κ2) is 7.15. The number of nitrogen functional groups attached to an aromatic ring is 1. The molecule has 0 aliphatic heterocycles. The van der Waals surface area contributed by atoms with Gasteiger partial charge in [-0.1, -0.05) is 30.3 Å². The van der Waals surface area contributed by atoms with Gasteiger partial charge in [0.05, 0.1) is 6.42 Å². The van der Waals surface area contributed by atoms with E-state index in [4.69, 9.17) is 11.6 Å². The lowest BCUT2D eigenvalue weighted by Crippen LogP contribution is -2.31. The van der Waals surface area contributed by atoms with Crippen molar-refractivity contribution in [2.75, 3.05) is 5.73 Å². The van der Waals surface area contributed by atoms with Crippen LogP contribution in [0, 0.1) is 6.92 Å². The van der Waals surface area contributed by atoms with E-state index in [2.05, 4.69) is 11.5 Å². The second-order valence-corrected chi connectivity index (χ2v) is 5.79. The maximum atomic E-state index is 11.4. The molecule has 21 heavy (non-hydrogen) atoms. The molecule has 0 heterocycles. The first-order chi connectivity index (χ1) is 10.1. The van der Waals surface area contributed by atoms with Crippen LogP contribution in [-0.4, -0.2) is 5.91 Å². The highest BCUT2D eigenvalue weighted by atomic mass is 32.2. The van der Waals surface area contributed by atoms with E-state index in [-0.39, 0.29) is 5.91 Å². The van der Waals surface area contributed by atoms with Gasteiger partial charge in [-0.3, -0.25) is 10.2 Å². The number of hydrogen-bond acceptors (Lipinski definition) is 4. The molecule has 0 aliphatic rings. The van der Waals surface area contributed by atoms with Gasteiger partial charge < -0.3 is 5.73 Å². The van der Waals surface area contributed by atoms with Crippen molar-refractivity contribution in [1.82, 2.24) is 5.43 Å². The molecular formula is C16H19N3OS. The molecule has 0 spiro atoms. The fourth-order valence-corrected chi connectivity index (χ4v) is 3.14. The van der Waals surface area contributed by atoms with E-state index in [0.29, 0.717) is 6.42 Å². The number of carbonyl (C=O) groups excluding carboxylic acids is 1. The van der Waals surface area contributed by atoms with Crippen molar-refractivity contribution >= 4 is 23.4 Å². The highest BCUT2D eigenvalue weighted by Gasteiger charge is 2.08. The van der Waals surface area contributed by atoms with E-state index in [1.54, 1.807) is 11.8 Å². The van der Waals surface area contributed by atoms with Gasteiger partial charge in [0, 0.05) is 16.3 Å². The number of hydrogen-bond donors (Lipinski definition) is 3. The summed E-state index contributed by atoms with van der Waals surface area (Å²) in [7, 11) is 0. The van der Waals surface area contributed by atoms with Gasteiger partial charge in [0.2, 0.25) is 5.91 Å². The summed E-state index contributed by atoms with van der Waals surface area (Å²) in [6.45, 7) is 2.02. The van der Waals surface area contributed by atoms with Crippen LogP contribution in [-0.2, 0) is 17.0 Å². The molecule has 0 atom stereocenters. The highest BCUT2D eigenvalue weighted by Crippen LogP contribution is 2.29. The normalized spacial score (nSPS) is 10.4. The summed E-state index contributed by atoms with van der Waals surface area (Å²) in [4.78, 5) is 12.6. The van der Waals surface area contributed by atoms with Crippen LogP contribution in [0.5, 0.6) is 0 Å². The molecule has 0 saturated carbocycles. The molecule has 0 fully saturated rings. The van der Waals surface area contributed by atoms with Crippen molar-refractivity contribution in [1.29, 1.82) is 0 Å². The zero-order valence-electron chi connectivity index (χ0n) is 11.9. The molecule has 0 bridgehead atoms. The molecule has 2 aromatic carbocycles. The third-order valence-corrected chi connectivity index (χ3v) is 4.55. The van der Waals surface area contributed by atoms with Crippen LogP contribution in [0.1, 0.15) is 16.7 Å². The predicted molar refractivity (Wildman–Crippen MR) is 87.6 cm³/mol. The Hall–Kier alpha value is -1.98. The largest absolute Gasteiger partial charge is 0.398 e. The molecule has 0 aliphatic carbocycles. The summed E-state index contributed by atoms with van der Waals surface area (Å²) in [5.41, 5.74) is 12.1. The minimum atomic E-state index is -0.187. The maximum absolute atomic E-state index is 11.4. The Kier molecular flexibility index (Phi) is 5.25. The fourth-order valence-electron chi connectivity index (χ4n) is 2.04. The molecule has 5 N–H and O–H groups in total. The lowest BCUT2D eigenvalue weighted by Gasteiger charge is -2.11. The quantitative estimate of drug-likeness (QED) is 0.260. The maximum Gasteiger partial charge on any atom is 0.238 e. The number of benzene rings is 2. The van der Waals surface area contributed by atoms with Gasteiger partial charge in [-0.25, -0.2) is 5.84 Å². The minimum Gasteiger partial charge on any atom is -0.398 e. The monoisotopic (exact) mass is 301 g/mol. The summed E-state index contributed by atoms with van der Waals surface area (Å²) in [5.74, 6) is 5.76. The van der Waals surface area contributed by atoms with Crippen molar-refractivity contribution < 1.29 is 4.79 Å². The van der Waals surface area contributed by atoms with Crippen LogP contribution < -0.4 is 17.0 Å². The number of anilines is 1. The summed E-state index contributed by atoms with van der Waals surface area (Å²) >= 11 is 1.72. The number of nitrogens with one attached hydrogen (secondary N) is 1. The third kappa shape index (κ3) is 4.00. The van der Waals surface area contributed by atoms with Crippen LogP contribution >= 0.6 is 11.8 Å². The fraction of sp³-hybridized carbons (Fsp3) is 0.188. The zero-order valence-corrected chi connectivity index (χ0v) is 12.7. The Bertz CT molecular complexity index is 643. The minimum absolute atomic E-state index is 0.187. The number of hydrazine groups is 1. The number of rotatable bonds is 5. The summed E-state index contributed by atoms with van der Waals surface area (Å²) < 4.78 is 0. The Labute approximate surface area is 128 Å². The Morgan fingerprint density at radius 1 is 1.14 bits per heavy atom. The number of amides is 1. The van der Waals surface area contributed by atoms with Crippen molar-refractivity contribution in [3.05, 3.63) is 59.2 Å². The summed E-state index contributed by atoms with van der Waals surface area (Å²) in [6.07, 6.45) is 0.295. The molecule has 0 unspecified atom stereocenters. The topological polar surface area (TPSA) is 81.1 Å². The average Bonchev–Trinajstić information content (AvgIpc) is 2.50. The lowest BCUT2D eigenvalue weighted by molar-refractivity contribution is -0.120. The van der Waals surface area contributed by atoms with Crippen molar-refractivity contribution in [2.45, 2.75) is 24.0 Å². The van der Waals surface area contributed by atoms with E-state index in [1.807, 2.05) is 43.3 Å². The van der Waals surface area contributed by atoms with E-state index in [0.717, 1.165) is 33.0 Å². The Morgan fingerprint density at radius 3 is 2.57 bits per heavy atom. The van der Waals surface area contributed by atoms with Gasteiger partial charge in [-0.15, -0.1) is 11.8 Å². The lowest BCUT2D eigenvalue weighted by atomic mass is 10.1. The van der Waals surface area contributed by atoms with Crippen molar-refractivity contribution in [3.8, 4) is 0 Å². The smallest absolute Gasteiger partial charge is 0.238 e. The molecule has 2 rings (SSSR count). The zero-order chi connectivity index (χ0) is 15.2. The second-order valence-electron chi connectivity index (χ2n) is 4.77. The summed E-state index contributed by atoms with van der Waals surface area (Å²) in [5, 5.41) is 0. The van der Waals surface area contributed by atoms with Crippen LogP contribution in [0.4, 0.5) is 5.69 Å². The molecule has 5 heteroatoms. The molecule has 1 amide bonds. The molecule has 4 nitrogen and oxygen atoms in total. The molecule has 0 saturated heterocycles. The van der Waals surface area contributed by atoms with Crippen LogP contribution in [0.2, 0.25) is 0 Å². The Morgan fingerprint density at radius 2 is 1.86 bits per heavy atom. The molecular weight excluding hydrogens is 282 g/mol. The van der Waals surface area contributed by atoms with Crippen LogP contribution in [0.15, 0.2) is 47.4 Å². The first kappa shape index (κ1) is 15.4. The van der Waals surface area contributed by atoms with Gasteiger partial charge in [-0.2, -0.15) is 0 Å². The van der Waals surface area contributed by atoms with Gasteiger partial charge in [0.1, 0.15) is 0 Å². The standard InChI is InChI=1S/C16H19N3OS/c1-11-14(17)7-4-8-15(11)21-10-13-6-3-2-5-12(13)9-16(20)19-18/h2-8H,9-10,17-18H2,1H3,(H,19,20). The first-order valence-corrected chi connectivity index (χ1v) is 7.64. The molecule has 2 aromatic rings. The van der Waals surface area contributed by atoms with Crippen LogP contribution in [0.25, 0.3) is 0 Å². The van der Waals surface area contributed by atoms with E-state index in [1.165, 1.54) is 0 Å². The summed E-state index contributed by atoms with van der Waals surface area (Å²) in [6, 6.07) is 13.8. The SMILES string of the molecule is Cc1c(N)cccc1SCc1ccccc1CC(=O)NN. The van der Waals surface area contributed by atoms with Gasteiger partial charge in [0.25, 0.3) is 0 Å². The highest BCUT2D eigenvalue weighted by molar-refractivity contribution is 7.98. The van der Waals surface area contributed by atoms with Gasteiger partial charge >= 0.3 is 0 Å². The van der Waals surface area contributed by atoms with Gasteiger partial charge in [0.15, 0.2) is 0 Å². The number of carbonyl (C=O) groups is 1. The number of nitrogens with two attached hydrogens (primary N) is 2. The van der Waals surface area contributed by atoms with Crippen molar-refractivity contribution in [2.24, 2.45) is 5.84 Å². The van der Waals surface area contributed by atoms with Crippen LogP contribution in [0.3, 0.4) is 0 Å². The van der Waals surface area contributed by atoms with Gasteiger partial charge in [-0.05, 0) is 35.7 Å². The Balaban J connectivity index is 2.13. The van der Waals surface area contributed by atoms with E-state index >= 15 is 0 Å². The predicted octanol–water partition coefficient (Wildman–Crippen LogP) is 2.40. The third-order valence-electron chi connectivity index (χ3n) is 3.34.